The summed E-state index contributed by atoms with van der Waals surface area (Å²) in [5.74, 6) is 1.16. The highest BCUT2D eigenvalue weighted by molar-refractivity contribution is 5.49. The quantitative estimate of drug-likeness (QED) is 0.697. The van der Waals surface area contributed by atoms with Crippen molar-refractivity contribution in [2.45, 2.75) is 56.6 Å². The summed E-state index contributed by atoms with van der Waals surface area (Å²) in [6.45, 7) is 0.762. The van der Waals surface area contributed by atoms with Gasteiger partial charge in [-0.15, -0.1) is 0 Å². The second-order valence-corrected chi connectivity index (χ2v) is 9.02. The molecular weight excluding hydrogens is 421 g/mol. The molecule has 1 aromatic heterocycles. The van der Waals surface area contributed by atoms with Crippen LogP contribution in [0.25, 0.3) is 0 Å². The molecule has 9 heteroatoms. The summed E-state index contributed by atoms with van der Waals surface area (Å²) in [4.78, 5) is 20.9. The van der Waals surface area contributed by atoms with E-state index in [9.17, 15) is 18.0 Å². The lowest BCUT2D eigenvalue weighted by atomic mass is 10.1. The van der Waals surface area contributed by atoms with Gasteiger partial charge in [-0.2, -0.15) is 18.2 Å². The molecule has 1 saturated heterocycles. The maximum absolute atomic E-state index is 14.1. The zero-order valence-corrected chi connectivity index (χ0v) is 18.0. The van der Waals surface area contributed by atoms with E-state index in [0.29, 0.717) is 17.8 Å². The van der Waals surface area contributed by atoms with E-state index in [0.717, 1.165) is 24.9 Å². The minimum Gasteiger partial charge on any atom is -0.375 e. The zero-order chi connectivity index (χ0) is 22.5. The number of ether oxygens (including phenoxy) is 1. The number of fused-ring (bicyclic) bond motifs is 3. The van der Waals surface area contributed by atoms with Crippen LogP contribution in [0, 0.1) is 5.92 Å². The van der Waals surface area contributed by atoms with E-state index < -0.39 is 18.3 Å². The lowest BCUT2D eigenvalue weighted by Gasteiger charge is -2.41. The number of halogens is 3. The van der Waals surface area contributed by atoms with Crippen molar-refractivity contribution in [2.24, 2.45) is 5.92 Å². The van der Waals surface area contributed by atoms with Crippen molar-refractivity contribution in [3.63, 3.8) is 0 Å². The van der Waals surface area contributed by atoms with Crippen LogP contribution < -0.4 is 15.4 Å². The minimum atomic E-state index is -4.44. The molecule has 0 amide bonds. The van der Waals surface area contributed by atoms with Crippen LogP contribution in [0.5, 0.6) is 0 Å². The van der Waals surface area contributed by atoms with E-state index >= 15 is 0 Å². The highest BCUT2D eigenvalue weighted by Crippen LogP contribution is 2.41. The van der Waals surface area contributed by atoms with Crippen molar-refractivity contribution < 1.29 is 17.9 Å². The van der Waals surface area contributed by atoms with E-state index in [-0.39, 0.29) is 31.0 Å². The van der Waals surface area contributed by atoms with Crippen LogP contribution in [0.1, 0.15) is 37.4 Å². The van der Waals surface area contributed by atoms with E-state index in [1.807, 2.05) is 30.3 Å². The van der Waals surface area contributed by atoms with Gasteiger partial charge in [0.1, 0.15) is 11.9 Å². The van der Waals surface area contributed by atoms with Crippen LogP contribution in [-0.2, 0) is 11.3 Å². The van der Waals surface area contributed by atoms with Crippen molar-refractivity contribution in [1.82, 2.24) is 9.55 Å². The molecule has 32 heavy (non-hydrogen) atoms. The Balaban J connectivity index is 1.55. The van der Waals surface area contributed by atoms with Crippen LogP contribution in [0.2, 0.25) is 0 Å². The lowest BCUT2D eigenvalue weighted by molar-refractivity contribution is -0.153. The molecule has 1 saturated carbocycles. The molecule has 2 aromatic rings. The highest BCUT2D eigenvalue weighted by atomic mass is 19.4. The molecule has 6 nitrogen and oxygen atoms in total. The topological polar surface area (TPSA) is 50.6 Å². The first-order chi connectivity index (χ1) is 15.3. The van der Waals surface area contributed by atoms with Crippen LogP contribution >= 0.6 is 0 Å². The maximum Gasteiger partial charge on any atom is 0.408 e. The number of hydrogen-bond acceptors (Lipinski definition) is 5. The lowest BCUT2D eigenvalue weighted by Crippen LogP contribution is -2.54. The van der Waals surface area contributed by atoms with E-state index in [2.05, 4.69) is 9.88 Å². The standard InChI is InChI=1S/C23H27F3N4O2/c1-32-18(16-5-3-2-4-6-16)14-30-19(23(24,25)26)9-10-28-21(31)12-20(27-22(28)30)29-13-15-7-8-17(29)11-15/h2-6,12,15,17-19H,7-11,13-14H2,1H3. The molecule has 2 bridgehead atoms. The van der Waals surface area contributed by atoms with Crippen LogP contribution in [0.3, 0.4) is 0 Å². The molecule has 2 fully saturated rings. The SMILES string of the molecule is COC(CN1c2nc(N3CC4CCC3C4)cc(=O)n2CCC1C(F)(F)F)c1ccccc1. The van der Waals surface area contributed by atoms with Gasteiger partial charge in [0.25, 0.3) is 5.56 Å². The second kappa shape index (κ2) is 8.10. The molecule has 172 valence electrons. The van der Waals surface area contributed by atoms with Gasteiger partial charge in [0.15, 0.2) is 0 Å². The summed E-state index contributed by atoms with van der Waals surface area (Å²) in [5.41, 5.74) is 0.482. The Morgan fingerprint density at radius 1 is 1.19 bits per heavy atom. The number of benzene rings is 1. The fourth-order valence-electron chi connectivity index (χ4n) is 5.52. The summed E-state index contributed by atoms with van der Waals surface area (Å²) < 4.78 is 49.1. The van der Waals surface area contributed by atoms with E-state index in [1.54, 1.807) is 0 Å². The summed E-state index contributed by atoms with van der Waals surface area (Å²) in [7, 11) is 1.49. The smallest absolute Gasteiger partial charge is 0.375 e. The van der Waals surface area contributed by atoms with Gasteiger partial charge in [-0.05, 0) is 37.2 Å². The normalized spacial score (nSPS) is 25.8. The fraction of sp³-hybridized carbons (Fsp3) is 0.565. The highest BCUT2D eigenvalue weighted by Gasteiger charge is 2.48. The Morgan fingerprint density at radius 2 is 1.97 bits per heavy atom. The Morgan fingerprint density at radius 3 is 2.59 bits per heavy atom. The molecule has 5 rings (SSSR count). The molecular formula is C23H27F3N4O2. The summed E-state index contributed by atoms with van der Waals surface area (Å²) in [6.07, 6.45) is -1.96. The van der Waals surface area contributed by atoms with Crippen molar-refractivity contribution in [3.8, 4) is 0 Å². The fourth-order valence-corrected chi connectivity index (χ4v) is 5.52. The van der Waals surface area contributed by atoms with E-state index in [4.69, 9.17) is 4.74 Å². The number of hydrogen-bond donors (Lipinski definition) is 0. The predicted octanol–water partition coefficient (Wildman–Crippen LogP) is 3.76. The average molecular weight is 448 g/mol. The summed E-state index contributed by atoms with van der Waals surface area (Å²) in [6, 6.07) is 9.26. The number of alkyl halides is 3. The Hall–Kier alpha value is -2.55. The largest absolute Gasteiger partial charge is 0.408 e. The molecule has 0 spiro atoms. The second-order valence-electron chi connectivity index (χ2n) is 9.02. The maximum atomic E-state index is 14.1. The number of nitrogens with zero attached hydrogens (tertiary/aromatic N) is 4. The van der Waals surface area contributed by atoms with Gasteiger partial charge < -0.3 is 14.5 Å². The van der Waals surface area contributed by atoms with Crippen LogP contribution in [-0.4, -0.2) is 48.0 Å². The summed E-state index contributed by atoms with van der Waals surface area (Å²) in [5, 5.41) is 0. The molecule has 3 aliphatic rings. The summed E-state index contributed by atoms with van der Waals surface area (Å²) >= 11 is 0. The minimum absolute atomic E-state index is 0.00281. The number of piperidine rings is 1. The average Bonchev–Trinajstić information content (AvgIpc) is 3.41. The zero-order valence-electron chi connectivity index (χ0n) is 18.0. The number of anilines is 2. The molecule has 0 radical (unpaired) electrons. The van der Waals surface area contributed by atoms with Crippen molar-refractivity contribution in [3.05, 3.63) is 52.3 Å². The Labute approximate surface area is 184 Å². The van der Waals surface area contributed by atoms with Gasteiger partial charge in [0.2, 0.25) is 5.95 Å². The molecule has 4 unspecified atom stereocenters. The number of methoxy groups -OCH3 is 1. The van der Waals surface area contributed by atoms with Crippen LogP contribution in [0.15, 0.2) is 41.2 Å². The van der Waals surface area contributed by atoms with Gasteiger partial charge in [0, 0.05) is 32.3 Å². The van der Waals surface area contributed by atoms with Crippen molar-refractivity contribution in [1.29, 1.82) is 0 Å². The third kappa shape index (κ3) is 3.76. The van der Waals surface area contributed by atoms with Gasteiger partial charge in [-0.1, -0.05) is 30.3 Å². The molecule has 3 heterocycles. The van der Waals surface area contributed by atoms with E-state index in [1.165, 1.54) is 29.1 Å². The molecule has 1 aliphatic carbocycles. The van der Waals surface area contributed by atoms with Gasteiger partial charge in [0.05, 0.1) is 12.6 Å². The monoisotopic (exact) mass is 448 g/mol. The number of rotatable bonds is 5. The first-order valence-electron chi connectivity index (χ1n) is 11.1. The van der Waals surface area contributed by atoms with Crippen LogP contribution in [0.4, 0.5) is 24.9 Å². The van der Waals surface area contributed by atoms with Crippen molar-refractivity contribution in [2.75, 3.05) is 30.0 Å². The molecule has 2 aliphatic heterocycles. The Bertz CT molecular complexity index is 1030. The van der Waals surface area contributed by atoms with Gasteiger partial charge in [-0.3, -0.25) is 9.36 Å². The third-order valence-electron chi connectivity index (χ3n) is 7.13. The molecule has 4 atom stereocenters. The molecule has 0 N–H and O–H groups in total. The third-order valence-corrected chi connectivity index (χ3v) is 7.13. The molecule has 1 aromatic carbocycles. The van der Waals surface area contributed by atoms with Gasteiger partial charge in [-0.25, -0.2) is 0 Å². The first kappa shape index (κ1) is 21.3. The Kier molecular flexibility index (Phi) is 5.39. The number of aromatic nitrogens is 2. The first-order valence-corrected chi connectivity index (χ1v) is 11.1. The van der Waals surface area contributed by atoms with Gasteiger partial charge >= 0.3 is 6.18 Å². The van der Waals surface area contributed by atoms with Crippen molar-refractivity contribution >= 4 is 11.8 Å². The predicted molar refractivity (Wildman–Crippen MR) is 115 cm³/mol.